The molecule has 24 heavy (non-hydrogen) atoms. The summed E-state index contributed by atoms with van der Waals surface area (Å²) in [7, 11) is 0. The molecular weight excluding hydrogens is 314 g/mol. The largest absolute Gasteiger partial charge is 0.357 e. The highest BCUT2D eigenvalue weighted by atomic mass is 32.1. The van der Waals surface area contributed by atoms with Crippen molar-refractivity contribution >= 4 is 22.2 Å². The van der Waals surface area contributed by atoms with Gasteiger partial charge in [-0.05, 0) is 51.3 Å². The molecule has 0 aliphatic carbocycles. The van der Waals surface area contributed by atoms with Crippen LogP contribution in [0.15, 0.2) is 24.4 Å². The van der Waals surface area contributed by atoms with Gasteiger partial charge < -0.3 is 4.98 Å². The Balaban J connectivity index is 1.55. The van der Waals surface area contributed by atoms with Crippen molar-refractivity contribution in [1.29, 1.82) is 0 Å². The van der Waals surface area contributed by atoms with Crippen LogP contribution in [0.5, 0.6) is 0 Å². The number of rotatable bonds is 3. The number of hydrogen-bond acceptors (Lipinski definition) is 3. The number of likely N-dealkylation sites (tertiary alicyclic amines) is 1. The summed E-state index contributed by atoms with van der Waals surface area (Å²) in [6, 6.07) is 6.57. The minimum atomic E-state index is 0.601. The van der Waals surface area contributed by atoms with Crippen LogP contribution in [-0.4, -0.2) is 28.0 Å². The molecule has 1 aliphatic heterocycles. The number of H-pyrrole nitrogens is 1. The number of para-hydroxylation sites is 1. The molecule has 3 heterocycles. The van der Waals surface area contributed by atoms with E-state index in [1.807, 2.05) is 17.5 Å². The van der Waals surface area contributed by atoms with Gasteiger partial charge in [-0.25, -0.2) is 4.98 Å². The lowest BCUT2D eigenvalue weighted by molar-refractivity contribution is 0.198. The van der Waals surface area contributed by atoms with E-state index < -0.39 is 0 Å². The molecule has 1 aliphatic rings. The Bertz CT molecular complexity index is 861. The van der Waals surface area contributed by atoms with E-state index in [-0.39, 0.29) is 0 Å². The van der Waals surface area contributed by atoms with Crippen molar-refractivity contribution in [1.82, 2.24) is 14.9 Å². The molecule has 0 radical (unpaired) electrons. The molecule has 3 nitrogen and oxygen atoms in total. The van der Waals surface area contributed by atoms with Crippen LogP contribution in [0.2, 0.25) is 0 Å². The number of piperidine rings is 1. The third-order valence-corrected chi connectivity index (χ3v) is 6.36. The maximum absolute atomic E-state index is 4.63. The number of hydrogen-bond donors (Lipinski definition) is 1. The van der Waals surface area contributed by atoms with E-state index in [0.29, 0.717) is 5.92 Å². The Morgan fingerprint density at radius 2 is 2.17 bits per heavy atom. The average Bonchev–Trinajstić information content (AvgIpc) is 3.14. The zero-order valence-corrected chi connectivity index (χ0v) is 15.5. The van der Waals surface area contributed by atoms with Crippen LogP contribution in [-0.2, 0) is 6.54 Å². The highest BCUT2D eigenvalue weighted by molar-refractivity contribution is 7.11. The van der Waals surface area contributed by atoms with Gasteiger partial charge >= 0.3 is 0 Å². The number of thiazole rings is 1. The standard InChI is InChI=1S/C20H25N3S/c1-13-6-4-8-17-15(3)18(22-19(13)17)12-23-9-5-7-16(11-23)20-21-10-14(2)24-20/h4,6,8,10,16,22H,5,7,9,11-12H2,1-3H3. The summed E-state index contributed by atoms with van der Waals surface area (Å²) in [5, 5.41) is 2.69. The maximum Gasteiger partial charge on any atom is 0.0971 e. The smallest absolute Gasteiger partial charge is 0.0971 e. The third kappa shape index (κ3) is 2.89. The third-order valence-electron chi connectivity index (χ3n) is 5.28. The van der Waals surface area contributed by atoms with Gasteiger partial charge in [-0.1, -0.05) is 18.2 Å². The highest BCUT2D eigenvalue weighted by Gasteiger charge is 2.24. The van der Waals surface area contributed by atoms with E-state index in [1.165, 1.54) is 57.0 Å². The molecule has 4 rings (SSSR count). The van der Waals surface area contributed by atoms with Crippen molar-refractivity contribution in [3.8, 4) is 0 Å². The first kappa shape index (κ1) is 15.9. The molecule has 0 amide bonds. The van der Waals surface area contributed by atoms with Gasteiger partial charge in [0.25, 0.3) is 0 Å². The summed E-state index contributed by atoms with van der Waals surface area (Å²) < 4.78 is 0. The summed E-state index contributed by atoms with van der Waals surface area (Å²) in [5.74, 6) is 0.601. The first-order valence-electron chi connectivity index (χ1n) is 8.83. The van der Waals surface area contributed by atoms with Gasteiger partial charge in [0, 0.05) is 46.7 Å². The van der Waals surface area contributed by atoms with Crippen molar-refractivity contribution in [2.75, 3.05) is 13.1 Å². The maximum atomic E-state index is 4.63. The molecule has 1 N–H and O–H groups in total. The van der Waals surface area contributed by atoms with Gasteiger partial charge in [0.05, 0.1) is 5.01 Å². The van der Waals surface area contributed by atoms with Gasteiger partial charge in [0.2, 0.25) is 0 Å². The van der Waals surface area contributed by atoms with Crippen LogP contribution in [0, 0.1) is 20.8 Å². The number of fused-ring (bicyclic) bond motifs is 1. The number of nitrogens with one attached hydrogen (secondary N) is 1. The van der Waals surface area contributed by atoms with Crippen molar-refractivity contribution < 1.29 is 0 Å². The normalized spacial score (nSPS) is 19.2. The van der Waals surface area contributed by atoms with Crippen LogP contribution in [0.25, 0.3) is 10.9 Å². The highest BCUT2D eigenvalue weighted by Crippen LogP contribution is 2.31. The lowest BCUT2D eigenvalue weighted by Crippen LogP contribution is -2.34. The van der Waals surface area contributed by atoms with Crippen molar-refractivity contribution in [2.45, 2.75) is 46.1 Å². The van der Waals surface area contributed by atoms with Gasteiger partial charge in [-0.3, -0.25) is 4.90 Å². The Morgan fingerprint density at radius 3 is 2.92 bits per heavy atom. The molecule has 0 saturated carbocycles. The molecule has 3 aromatic rings. The molecule has 126 valence electrons. The molecule has 2 aromatic heterocycles. The van der Waals surface area contributed by atoms with Crippen LogP contribution in [0.4, 0.5) is 0 Å². The van der Waals surface area contributed by atoms with Crippen molar-refractivity contribution in [2.24, 2.45) is 0 Å². The number of aromatic nitrogens is 2. The summed E-state index contributed by atoms with van der Waals surface area (Å²) in [6.07, 6.45) is 4.55. The van der Waals surface area contributed by atoms with Gasteiger partial charge in [-0.15, -0.1) is 11.3 Å². The van der Waals surface area contributed by atoms with Crippen LogP contribution >= 0.6 is 11.3 Å². The molecule has 1 atom stereocenters. The monoisotopic (exact) mass is 339 g/mol. The van der Waals surface area contributed by atoms with E-state index >= 15 is 0 Å². The molecular formula is C20H25N3S. The summed E-state index contributed by atoms with van der Waals surface area (Å²) in [5.41, 5.74) is 5.40. The SMILES string of the molecule is Cc1cnc(C2CCCN(Cc3[nH]c4c(C)cccc4c3C)C2)s1. The zero-order chi connectivity index (χ0) is 16.7. The first-order valence-corrected chi connectivity index (χ1v) is 9.65. The number of aromatic amines is 1. The summed E-state index contributed by atoms with van der Waals surface area (Å²) in [6.45, 7) is 9.91. The second kappa shape index (κ2) is 6.34. The zero-order valence-electron chi connectivity index (χ0n) is 14.7. The number of aryl methyl sites for hydroxylation is 3. The molecule has 1 unspecified atom stereocenters. The minimum absolute atomic E-state index is 0.601. The fourth-order valence-corrected chi connectivity index (χ4v) is 4.80. The van der Waals surface area contributed by atoms with E-state index in [1.54, 1.807) is 0 Å². The number of nitrogens with zero attached hydrogens (tertiary/aromatic N) is 2. The second-order valence-electron chi connectivity index (χ2n) is 7.11. The van der Waals surface area contributed by atoms with Gasteiger partial charge in [0.15, 0.2) is 0 Å². The quantitative estimate of drug-likeness (QED) is 0.734. The summed E-state index contributed by atoms with van der Waals surface area (Å²) in [4.78, 5) is 12.2. The van der Waals surface area contributed by atoms with Gasteiger partial charge in [-0.2, -0.15) is 0 Å². The van der Waals surface area contributed by atoms with E-state index in [2.05, 4.69) is 53.8 Å². The topological polar surface area (TPSA) is 31.9 Å². The molecule has 1 saturated heterocycles. The molecule has 0 spiro atoms. The second-order valence-corrected chi connectivity index (χ2v) is 8.38. The van der Waals surface area contributed by atoms with E-state index in [9.17, 15) is 0 Å². The van der Waals surface area contributed by atoms with Gasteiger partial charge in [0.1, 0.15) is 0 Å². The Morgan fingerprint density at radius 1 is 1.29 bits per heavy atom. The predicted molar refractivity (Wildman–Crippen MR) is 102 cm³/mol. The predicted octanol–water partition coefficient (Wildman–Crippen LogP) is 4.93. The Hall–Kier alpha value is -1.65. The molecule has 0 bridgehead atoms. The first-order chi connectivity index (χ1) is 11.6. The van der Waals surface area contributed by atoms with E-state index in [4.69, 9.17) is 0 Å². The van der Waals surface area contributed by atoms with E-state index in [0.717, 1.165) is 13.1 Å². The van der Waals surface area contributed by atoms with Crippen LogP contribution in [0.1, 0.15) is 45.5 Å². The summed E-state index contributed by atoms with van der Waals surface area (Å²) >= 11 is 1.87. The molecule has 1 aromatic carbocycles. The van der Waals surface area contributed by atoms with Crippen LogP contribution < -0.4 is 0 Å². The van der Waals surface area contributed by atoms with Crippen LogP contribution in [0.3, 0.4) is 0 Å². The fraction of sp³-hybridized carbons (Fsp3) is 0.450. The Kier molecular flexibility index (Phi) is 4.19. The lowest BCUT2D eigenvalue weighted by Gasteiger charge is -2.31. The molecule has 1 fully saturated rings. The van der Waals surface area contributed by atoms with Crippen molar-refractivity contribution in [3.05, 3.63) is 51.1 Å². The number of benzene rings is 1. The lowest BCUT2D eigenvalue weighted by atomic mass is 9.98. The van der Waals surface area contributed by atoms with Crippen molar-refractivity contribution in [3.63, 3.8) is 0 Å². The minimum Gasteiger partial charge on any atom is -0.357 e. The average molecular weight is 340 g/mol. The Labute approximate surface area is 147 Å². The molecule has 4 heteroatoms. The fourth-order valence-electron chi connectivity index (χ4n) is 3.90.